The highest BCUT2D eigenvalue weighted by Crippen LogP contribution is 2.25. The minimum absolute atomic E-state index is 0. The molecule has 0 spiro atoms. The molecule has 78 valence electrons. The Morgan fingerprint density at radius 1 is 1.21 bits per heavy atom. The van der Waals surface area contributed by atoms with E-state index in [9.17, 15) is 0 Å². The summed E-state index contributed by atoms with van der Waals surface area (Å²) in [6.07, 6.45) is 2.21. The van der Waals surface area contributed by atoms with E-state index in [1.807, 2.05) is 6.07 Å². The summed E-state index contributed by atoms with van der Waals surface area (Å²) in [7, 11) is 0. The molecule has 0 bridgehead atoms. The lowest BCUT2D eigenvalue weighted by atomic mass is 10.1. The van der Waals surface area contributed by atoms with Crippen LogP contribution in [0.4, 0.5) is 0 Å². The summed E-state index contributed by atoms with van der Waals surface area (Å²) < 4.78 is 0. The zero-order valence-corrected chi connectivity index (χ0v) is 8.83. The second-order valence-corrected chi connectivity index (χ2v) is 3.59. The van der Waals surface area contributed by atoms with Gasteiger partial charge < -0.3 is 10.4 Å². The summed E-state index contributed by atoms with van der Waals surface area (Å²) in [5.41, 5.74) is 1.33. The second kappa shape index (κ2) is 5.35. The molecule has 1 heterocycles. The smallest absolute Gasteiger partial charge is 0.0584 e. The molecular formula is C11H16ClNO. The lowest BCUT2D eigenvalue weighted by molar-refractivity contribution is 0.251. The third-order valence-electron chi connectivity index (χ3n) is 2.66. The molecule has 0 aliphatic carbocycles. The molecule has 1 aliphatic rings. The average molecular weight is 214 g/mol. The van der Waals surface area contributed by atoms with Crippen molar-refractivity contribution in [2.45, 2.75) is 24.9 Å². The number of hydrogen-bond acceptors (Lipinski definition) is 2. The van der Waals surface area contributed by atoms with Gasteiger partial charge >= 0.3 is 0 Å². The number of aliphatic hydroxyl groups is 1. The lowest BCUT2D eigenvalue weighted by Crippen LogP contribution is -2.27. The Morgan fingerprint density at radius 3 is 2.50 bits per heavy atom. The minimum Gasteiger partial charge on any atom is -0.395 e. The van der Waals surface area contributed by atoms with Gasteiger partial charge in [0.15, 0.2) is 0 Å². The Bertz CT molecular complexity index is 265. The molecule has 1 fully saturated rings. The summed E-state index contributed by atoms with van der Waals surface area (Å²) in [6, 6.07) is 11.2. The zero-order chi connectivity index (χ0) is 9.10. The number of hydrogen-bond donors (Lipinski definition) is 2. The maximum atomic E-state index is 8.97. The first kappa shape index (κ1) is 11.5. The van der Waals surface area contributed by atoms with Crippen molar-refractivity contribution in [3.05, 3.63) is 35.9 Å². The molecule has 2 rings (SSSR count). The van der Waals surface area contributed by atoms with Gasteiger partial charge in [-0.2, -0.15) is 0 Å². The maximum absolute atomic E-state index is 8.97. The van der Waals surface area contributed by atoms with Crippen LogP contribution < -0.4 is 5.32 Å². The van der Waals surface area contributed by atoms with Gasteiger partial charge in [-0.1, -0.05) is 30.3 Å². The summed E-state index contributed by atoms with van der Waals surface area (Å²) >= 11 is 0. The quantitative estimate of drug-likeness (QED) is 0.787. The van der Waals surface area contributed by atoms with E-state index in [-0.39, 0.29) is 19.0 Å². The highest BCUT2D eigenvalue weighted by atomic mass is 35.5. The fraction of sp³-hybridized carbons (Fsp3) is 0.455. The summed E-state index contributed by atoms with van der Waals surface area (Å²) in [5, 5.41) is 12.4. The van der Waals surface area contributed by atoms with Crippen LogP contribution >= 0.6 is 12.4 Å². The third-order valence-corrected chi connectivity index (χ3v) is 2.66. The van der Waals surface area contributed by atoms with Crippen LogP contribution in [0.3, 0.4) is 0 Å². The molecular weight excluding hydrogens is 198 g/mol. The molecule has 3 heteroatoms. The van der Waals surface area contributed by atoms with E-state index in [4.69, 9.17) is 5.11 Å². The van der Waals surface area contributed by atoms with Crippen molar-refractivity contribution in [3.8, 4) is 0 Å². The molecule has 1 aromatic rings. The summed E-state index contributed by atoms with van der Waals surface area (Å²) in [6.45, 7) is 0.253. The van der Waals surface area contributed by atoms with E-state index in [0.29, 0.717) is 12.1 Å². The van der Waals surface area contributed by atoms with Crippen LogP contribution in [-0.2, 0) is 0 Å². The van der Waals surface area contributed by atoms with Crippen LogP contribution in [-0.4, -0.2) is 17.8 Å². The Hall–Kier alpha value is -0.570. The zero-order valence-electron chi connectivity index (χ0n) is 8.02. The molecule has 2 N–H and O–H groups in total. The van der Waals surface area contributed by atoms with E-state index in [0.717, 1.165) is 12.8 Å². The molecule has 2 atom stereocenters. The third kappa shape index (κ3) is 2.47. The predicted molar refractivity (Wildman–Crippen MR) is 59.7 cm³/mol. The van der Waals surface area contributed by atoms with Crippen molar-refractivity contribution < 1.29 is 5.11 Å². The van der Waals surface area contributed by atoms with E-state index in [1.165, 1.54) is 5.56 Å². The number of nitrogens with one attached hydrogen (secondary N) is 1. The first-order valence-corrected chi connectivity index (χ1v) is 4.82. The van der Waals surface area contributed by atoms with Gasteiger partial charge in [0.2, 0.25) is 0 Å². The van der Waals surface area contributed by atoms with Crippen molar-refractivity contribution >= 4 is 12.4 Å². The molecule has 0 saturated carbocycles. The standard InChI is InChI=1S/C11H15NO.ClH/c13-8-10-6-7-11(12-10)9-4-2-1-3-5-9;/h1-5,10-13H,6-8H2;1H/t10-,11-;/m0./s1. The number of benzene rings is 1. The topological polar surface area (TPSA) is 32.3 Å². The molecule has 0 aromatic heterocycles. The van der Waals surface area contributed by atoms with Crippen LogP contribution in [0.1, 0.15) is 24.4 Å². The van der Waals surface area contributed by atoms with E-state index in [1.54, 1.807) is 0 Å². The van der Waals surface area contributed by atoms with Gasteiger partial charge in [0.1, 0.15) is 0 Å². The molecule has 1 saturated heterocycles. The first-order chi connectivity index (χ1) is 6.40. The predicted octanol–water partition coefficient (Wildman–Crippen LogP) is 1.89. The number of aliphatic hydroxyl groups excluding tert-OH is 1. The first-order valence-electron chi connectivity index (χ1n) is 4.82. The van der Waals surface area contributed by atoms with E-state index in [2.05, 4.69) is 29.6 Å². The van der Waals surface area contributed by atoms with Crippen LogP contribution in [0.2, 0.25) is 0 Å². The van der Waals surface area contributed by atoms with Crippen molar-refractivity contribution in [3.63, 3.8) is 0 Å². The second-order valence-electron chi connectivity index (χ2n) is 3.59. The summed E-state index contributed by atoms with van der Waals surface area (Å²) in [4.78, 5) is 0. The van der Waals surface area contributed by atoms with Gasteiger partial charge in [0.25, 0.3) is 0 Å². The molecule has 1 aromatic carbocycles. The molecule has 0 amide bonds. The van der Waals surface area contributed by atoms with Gasteiger partial charge in [-0.05, 0) is 18.4 Å². The van der Waals surface area contributed by atoms with Crippen LogP contribution in [0.25, 0.3) is 0 Å². The van der Waals surface area contributed by atoms with Gasteiger partial charge in [-0.3, -0.25) is 0 Å². The van der Waals surface area contributed by atoms with Gasteiger partial charge in [0, 0.05) is 12.1 Å². The summed E-state index contributed by atoms with van der Waals surface area (Å²) in [5.74, 6) is 0. The Kier molecular flexibility index (Phi) is 4.39. The largest absolute Gasteiger partial charge is 0.395 e. The molecule has 1 aliphatic heterocycles. The van der Waals surface area contributed by atoms with Gasteiger partial charge in [0.05, 0.1) is 6.61 Å². The average Bonchev–Trinajstić information content (AvgIpc) is 2.67. The number of rotatable bonds is 2. The monoisotopic (exact) mass is 213 g/mol. The van der Waals surface area contributed by atoms with E-state index >= 15 is 0 Å². The fourth-order valence-electron chi connectivity index (χ4n) is 1.91. The van der Waals surface area contributed by atoms with Crippen LogP contribution in [0.5, 0.6) is 0 Å². The normalized spacial score (nSPS) is 25.8. The van der Waals surface area contributed by atoms with Crippen LogP contribution in [0, 0.1) is 0 Å². The molecule has 0 unspecified atom stereocenters. The number of halogens is 1. The fourth-order valence-corrected chi connectivity index (χ4v) is 1.91. The van der Waals surface area contributed by atoms with Gasteiger partial charge in [-0.15, -0.1) is 12.4 Å². The van der Waals surface area contributed by atoms with Crippen LogP contribution in [0.15, 0.2) is 30.3 Å². The molecule has 2 nitrogen and oxygen atoms in total. The Labute approximate surface area is 90.7 Å². The lowest BCUT2D eigenvalue weighted by Gasteiger charge is -2.12. The van der Waals surface area contributed by atoms with Crippen molar-refractivity contribution in [2.24, 2.45) is 0 Å². The van der Waals surface area contributed by atoms with E-state index < -0.39 is 0 Å². The maximum Gasteiger partial charge on any atom is 0.0584 e. The van der Waals surface area contributed by atoms with Crippen molar-refractivity contribution in [2.75, 3.05) is 6.61 Å². The highest BCUT2D eigenvalue weighted by molar-refractivity contribution is 5.85. The van der Waals surface area contributed by atoms with Crippen molar-refractivity contribution in [1.82, 2.24) is 5.32 Å². The molecule has 0 radical (unpaired) electrons. The Balaban J connectivity index is 0.000000980. The highest BCUT2D eigenvalue weighted by Gasteiger charge is 2.23. The molecule has 14 heavy (non-hydrogen) atoms. The van der Waals surface area contributed by atoms with Gasteiger partial charge in [-0.25, -0.2) is 0 Å². The SMILES string of the molecule is Cl.OC[C@@H]1CC[C@@H](c2ccccc2)N1. The van der Waals surface area contributed by atoms with Crippen molar-refractivity contribution in [1.29, 1.82) is 0 Å². The minimum atomic E-state index is 0. The Morgan fingerprint density at radius 2 is 1.93 bits per heavy atom.